The minimum atomic E-state index is -4.02. The minimum Gasteiger partial charge on any atom is -0.282 e. The maximum Gasteiger partial charge on any atom is 0.294 e. The molecule has 2 heterocycles. The van der Waals surface area contributed by atoms with Crippen molar-refractivity contribution in [2.24, 2.45) is 0 Å². The van der Waals surface area contributed by atoms with Gasteiger partial charge in [0.1, 0.15) is 0 Å². The number of nitrogens with zero attached hydrogens (tertiary/aromatic N) is 2. The van der Waals surface area contributed by atoms with Crippen molar-refractivity contribution in [3.63, 3.8) is 0 Å². The fourth-order valence-electron chi connectivity index (χ4n) is 3.51. The molecule has 0 radical (unpaired) electrons. The summed E-state index contributed by atoms with van der Waals surface area (Å²) in [7, 11) is -8.04. The van der Waals surface area contributed by atoms with Crippen LogP contribution in [0, 0.1) is 55.4 Å². The topological polar surface area (TPSA) is 135 Å². The first-order valence-corrected chi connectivity index (χ1v) is 15.2. The van der Waals surface area contributed by atoms with E-state index < -0.39 is 20.2 Å². The fourth-order valence-corrected chi connectivity index (χ4v) is 4.47. The van der Waals surface area contributed by atoms with E-state index in [2.05, 4.69) is 48.1 Å². The molecule has 0 fully saturated rings. The number of hydrogen-bond acceptors (Lipinski definition) is 6. The molecule has 0 atom stereocenters. The second-order valence-electron chi connectivity index (χ2n) is 9.43. The zero-order chi connectivity index (χ0) is 30.7. The third-order valence-electron chi connectivity index (χ3n) is 5.09. The van der Waals surface area contributed by atoms with Crippen molar-refractivity contribution in [1.82, 2.24) is 9.97 Å². The van der Waals surface area contributed by atoms with Gasteiger partial charge in [0.05, 0.1) is 9.79 Å². The first kappa shape index (κ1) is 34.6. The van der Waals surface area contributed by atoms with Crippen molar-refractivity contribution in [3.05, 3.63) is 118 Å². The summed E-state index contributed by atoms with van der Waals surface area (Å²) in [5, 5.41) is 0. The van der Waals surface area contributed by atoms with Crippen LogP contribution >= 0.6 is 0 Å². The molecule has 0 aliphatic carbocycles. The summed E-state index contributed by atoms with van der Waals surface area (Å²) in [5.74, 6) is 0. The highest BCUT2D eigenvalue weighted by Crippen LogP contribution is 2.09. The smallest absolute Gasteiger partial charge is 0.282 e. The van der Waals surface area contributed by atoms with Crippen LogP contribution in [0.3, 0.4) is 0 Å². The first-order valence-electron chi connectivity index (χ1n) is 12.3. The molecule has 0 bridgehead atoms. The summed E-state index contributed by atoms with van der Waals surface area (Å²) in [4.78, 5) is 8.34. The lowest BCUT2D eigenvalue weighted by atomic mass is 10.2. The molecule has 2 N–H and O–H groups in total. The van der Waals surface area contributed by atoms with Crippen LogP contribution in [0.25, 0.3) is 0 Å². The third-order valence-corrected chi connectivity index (χ3v) is 6.83. The van der Waals surface area contributed by atoms with E-state index in [0.29, 0.717) is 0 Å². The molecule has 40 heavy (non-hydrogen) atoms. The van der Waals surface area contributed by atoms with E-state index in [1.54, 1.807) is 24.3 Å². The van der Waals surface area contributed by atoms with E-state index in [1.807, 2.05) is 41.5 Å². The number of aryl methyl sites for hydroxylation is 8. The molecule has 0 saturated carbocycles. The average Bonchev–Trinajstić information content (AvgIpc) is 2.78. The van der Waals surface area contributed by atoms with Gasteiger partial charge in [-0.15, -0.1) is 0 Å². The summed E-state index contributed by atoms with van der Waals surface area (Å²) in [6.45, 7) is 15.9. The molecule has 2 aromatic heterocycles. The predicted molar refractivity (Wildman–Crippen MR) is 159 cm³/mol. The lowest BCUT2D eigenvalue weighted by Gasteiger charge is -1.96. The van der Waals surface area contributed by atoms with Crippen LogP contribution in [0.5, 0.6) is 0 Å². The highest BCUT2D eigenvalue weighted by atomic mass is 32.2. The monoisotopic (exact) mass is 586 g/mol. The van der Waals surface area contributed by atoms with Gasteiger partial charge in [0.25, 0.3) is 20.2 Å². The van der Waals surface area contributed by atoms with Crippen molar-refractivity contribution in [3.8, 4) is 0 Å². The quantitative estimate of drug-likeness (QED) is 0.254. The number of rotatable bonds is 2. The van der Waals surface area contributed by atoms with Crippen molar-refractivity contribution in [2.75, 3.05) is 0 Å². The number of hydrogen-bond donors (Lipinski definition) is 2. The van der Waals surface area contributed by atoms with Crippen molar-refractivity contribution in [2.45, 2.75) is 65.2 Å². The SMILES string of the molecule is Cc1cc(C)nc(C)c1.Cc1cc(C)nc(C)c1.Cc1ccc(S(=O)(=O)O)cc1.Cc1ccc(S(=O)(=O)O)cc1. The Morgan fingerprint density at radius 2 is 0.650 bits per heavy atom. The molecule has 0 aliphatic heterocycles. The van der Waals surface area contributed by atoms with E-state index in [9.17, 15) is 16.8 Å². The maximum atomic E-state index is 10.5. The fraction of sp³-hybridized carbons (Fsp3) is 0.267. The van der Waals surface area contributed by atoms with Gasteiger partial charge in [-0.1, -0.05) is 35.4 Å². The van der Waals surface area contributed by atoms with Crippen molar-refractivity contribution >= 4 is 20.2 Å². The molecule has 4 rings (SSSR count). The average molecular weight is 587 g/mol. The maximum absolute atomic E-state index is 10.5. The Balaban J connectivity index is 0.000000268. The predicted octanol–water partition coefficient (Wildman–Crippen LogP) is 6.50. The van der Waals surface area contributed by atoms with Gasteiger partial charge < -0.3 is 0 Å². The normalized spacial score (nSPS) is 10.7. The van der Waals surface area contributed by atoms with E-state index in [4.69, 9.17) is 9.11 Å². The zero-order valence-corrected chi connectivity index (χ0v) is 25.8. The molecule has 2 aromatic carbocycles. The third kappa shape index (κ3) is 14.1. The molecular formula is C30H38N2O6S2. The number of pyridine rings is 2. The van der Waals surface area contributed by atoms with Crippen LogP contribution in [-0.4, -0.2) is 35.9 Å². The van der Waals surface area contributed by atoms with Crippen LogP contribution < -0.4 is 0 Å². The Kier molecular flexibility index (Phi) is 13.3. The van der Waals surface area contributed by atoms with Gasteiger partial charge in [-0.2, -0.15) is 16.8 Å². The summed E-state index contributed by atoms with van der Waals surface area (Å²) >= 11 is 0. The van der Waals surface area contributed by atoms with Gasteiger partial charge in [-0.3, -0.25) is 19.1 Å². The minimum absolute atomic E-state index is 0.0666. The van der Waals surface area contributed by atoms with Gasteiger partial charge in [0.15, 0.2) is 0 Å². The Morgan fingerprint density at radius 3 is 0.825 bits per heavy atom. The largest absolute Gasteiger partial charge is 0.294 e. The lowest BCUT2D eigenvalue weighted by Crippen LogP contribution is -1.96. The summed E-state index contributed by atoms with van der Waals surface area (Å²) < 4.78 is 59.1. The van der Waals surface area contributed by atoms with E-state index in [0.717, 1.165) is 33.9 Å². The van der Waals surface area contributed by atoms with Gasteiger partial charge >= 0.3 is 0 Å². The van der Waals surface area contributed by atoms with Crippen molar-refractivity contribution in [1.29, 1.82) is 0 Å². The summed E-state index contributed by atoms with van der Waals surface area (Å²) in [6.07, 6.45) is 0. The molecule has 0 spiro atoms. The van der Waals surface area contributed by atoms with Crippen LogP contribution in [-0.2, 0) is 20.2 Å². The highest BCUT2D eigenvalue weighted by Gasteiger charge is 2.07. The second-order valence-corrected chi connectivity index (χ2v) is 12.3. The Bertz CT molecular complexity index is 1380. The van der Waals surface area contributed by atoms with Crippen LogP contribution in [0.1, 0.15) is 45.0 Å². The molecule has 8 nitrogen and oxygen atoms in total. The second kappa shape index (κ2) is 15.4. The van der Waals surface area contributed by atoms with E-state index in [1.165, 1.54) is 35.4 Å². The van der Waals surface area contributed by atoms with Crippen LogP contribution in [0.2, 0.25) is 0 Å². The van der Waals surface area contributed by atoms with Crippen LogP contribution in [0.4, 0.5) is 0 Å². The Hall–Kier alpha value is -3.44. The first-order chi connectivity index (χ1) is 18.4. The zero-order valence-electron chi connectivity index (χ0n) is 24.2. The summed E-state index contributed by atoms with van der Waals surface area (Å²) in [6, 6.07) is 20.3. The molecular weight excluding hydrogens is 548 g/mol. The number of benzene rings is 2. The molecule has 0 unspecified atom stereocenters. The molecule has 4 aromatic rings. The van der Waals surface area contributed by atoms with Gasteiger partial charge in [0, 0.05) is 22.8 Å². The summed E-state index contributed by atoms with van der Waals surface area (Å²) in [5.41, 5.74) is 8.91. The Morgan fingerprint density at radius 1 is 0.425 bits per heavy atom. The molecule has 0 saturated heterocycles. The molecule has 0 amide bonds. The van der Waals surface area contributed by atoms with Gasteiger partial charge in [-0.25, -0.2) is 0 Å². The molecule has 10 heteroatoms. The highest BCUT2D eigenvalue weighted by molar-refractivity contribution is 7.86. The standard InChI is InChI=1S/2C8H11N.2C7H8O3S/c2*1-6-4-7(2)9-8(3)5-6;2*1-6-2-4-7(5-3-6)11(8,9)10/h2*4-5H,1-3H3;2*2-5H,1H3,(H,8,9,10). The number of aromatic nitrogens is 2. The van der Waals surface area contributed by atoms with Crippen LogP contribution in [0.15, 0.2) is 82.6 Å². The van der Waals surface area contributed by atoms with E-state index >= 15 is 0 Å². The lowest BCUT2D eigenvalue weighted by molar-refractivity contribution is 0.481. The molecule has 0 aliphatic rings. The van der Waals surface area contributed by atoms with Gasteiger partial charge in [0.2, 0.25) is 0 Å². The van der Waals surface area contributed by atoms with Crippen molar-refractivity contribution < 1.29 is 25.9 Å². The van der Waals surface area contributed by atoms with E-state index in [-0.39, 0.29) is 9.79 Å². The van der Waals surface area contributed by atoms with Gasteiger partial charge in [-0.05, 0) is 115 Å². The Labute approximate surface area is 238 Å². The molecule has 216 valence electrons.